The quantitative estimate of drug-likeness (QED) is 0.778. The molecule has 1 aromatic heterocycles. The van der Waals surface area contributed by atoms with Gasteiger partial charge in [-0.05, 0) is 17.8 Å². The fraction of sp³-hybridized carbons (Fsp3) is 0.0909. The SMILES string of the molecule is S=C(NCc1ccccc1)n1ccnc1. The Kier molecular flexibility index (Phi) is 3.09. The Morgan fingerprint density at radius 1 is 1.33 bits per heavy atom. The van der Waals surface area contributed by atoms with Gasteiger partial charge in [0.25, 0.3) is 0 Å². The van der Waals surface area contributed by atoms with E-state index in [9.17, 15) is 0 Å². The fourth-order valence-corrected chi connectivity index (χ4v) is 1.42. The van der Waals surface area contributed by atoms with Gasteiger partial charge in [0, 0.05) is 18.9 Å². The van der Waals surface area contributed by atoms with E-state index in [-0.39, 0.29) is 0 Å². The first-order valence-electron chi connectivity index (χ1n) is 4.66. The number of hydrogen-bond acceptors (Lipinski definition) is 2. The van der Waals surface area contributed by atoms with Crippen molar-refractivity contribution >= 4 is 17.3 Å². The molecule has 76 valence electrons. The maximum Gasteiger partial charge on any atom is 0.178 e. The predicted octanol–water partition coefficient (Wildman–Crippen LogP) is 1.81. The van der Waals surface area contributed by atoms with Gasteiger partial charge in [-0.25, -0.2) is 4.98 Å². The van der Waals surface area contributed by atoms with Crippen LogP contribution in [0.25, 0.3) is 0 Å². The lowest BCUT2D eigenvalue weighted by atomic mass is 10.2. The lowest BCUT2D eigenvalue weighted by Gasteiger charge is -2.07. The Bertz CT molecular complexity index is 422. The van der Waals surface area contributed by atoms with Gasteiger partial charge in [0.05, 0.1) is 0 Å². The van der Waals surface area contributed by atoms with Crippen LogP contribution in [0, 0.1) is 0 Å². The van der Waals surface area contributed by atoms with E-state index in [0.717, 1.165) is 6.54 Å². The Morgan fingerprint density at radius 3 is 2.80 bits per heavy atom. The zero-order chi connectivity index (χ0) is 10.5. The van der Waals surface area contributed by atoms with Gasteiger partial charge in [-0.3, -0.25) is 4.57 Å². The highest BCUT2D eigenvalue weighted by atomic mass is 32.1. The number of nitrogens with zero attached hydrogens (tertiary/aromatic N) is 2. The smallest absolute Gasteiger partial charge is 0.178 e. The van der Waals surface area contributed by atoms with Crippen LogP contribution in [-0.4, -0.2) is 14.7 Å². The van der Waals surface area contributed by atoms with Crippen molar-refractivity contribution in [3.05, 3.63) is 54.6 Å². The average molecular weight is 217 g/mol. The summed E-state index contributed by atoms with van der Waals surface area (Å²) in [5.74, 6) is 0. The first-order valence-corrected chi connectivity index (χ1v) is 5.07. The minimum Gasteiger partial charge on any atom is -0.358 e. The van der Waals surface area contributed by atoms with Gasteiger partial charge in [0.2, 0.25) is 0 Å². The first-order chi connectivity index (χ1) is 7.36. The summed E-state index contributed by atoms with van der Waals surface area (Å²) in [5.41, 5.74) is 1.21. The van der Waals surface area contributed by atoms with E-state index in [1.165, 1.54) is 5.56 Å². The normalized spacial score (nSPS) is 9.87. The largest absolute Gasteiger partial charge is 0.358 e. The number of hydrogen-bond donors (Lipinski definition) is 1. The number of nitrogens with one attached hydrogen (secondary N) is 1. The maximum absolute atomic E-state index is 5.19. The molecular formula is C11H11N3S. The maximum atomic E-state index is 5.19. The molecule has 0 amide bonds. The summed E-state index contributed by atoms with van der Waals surface area (Å²) in [6, 6.07) is 10.1. The van der Waals surface area contributed by atoms with Crippen LogP contribution in [0.4, 0.5) is 0 Å². The Hall–Kier alpha value is -1.68. The number of benzene rings is 1. The van der Waals surface area contributed by atoms with Crippen LogP contribution in [0.3, 0.4) is 0 Å². The topological polar surface area (TPSA) is 29.9 Å². The van der Waals surface area contributed by atoms with Gasteiger partial charge in [-0.15, -0.1) is 0 Å². The van der Waals surface area contributed by atoms with Crippen molar-refractivity contribution in [2.45, 2.75) is 6.54 Å². The fourth-order valence-electron chi connectivity index (χ4n) is 1.24. The van der Waals surface area contributed by atoms with Crippen molar-refractivity contribution in [1.82, 2.24) is 14.9 Å². The molecule has 1 heterocycles. The van der Waals surface area contributed by atoms with E-state index in [2.05, 4.69) is 22.4 Å². The molecule has 3 nitrogen and oxygen atoms in total. The number of imidazole rings is 1. The van der Waals surface area contributed by atoms with Crippen LogP contribution in [0.2, 0.25) is 0 Å². The molecule has 1 aromatic carbocycles. The van der Waals surface area contributed by atoms with Crippen molar-refractivity contribution in [1.29, 1.82) is 0 Å². The van der Waals surface area contributed by atoms with Crippen LogP contribution in [0.5, 0.6) is 0 Å². The average Bonchev–Trinajstić information content (AvgIpc) is 2.81. The highest BCUT2D eigenvalue weighted by Crippen LogP contribution is 1.97. The second-order valence-electron chi connectivity index (χ2n) is 3.11. The summed E-state index contributed by atoms with van der Waals surface area (Å²) in [5, 5.41) is 3.82. The molecule has 0 saturated carbocycles. The van der Waals surface area contributed by atoms with Gasteiger partial charge < -0.3 is 5.32 Å². The summed E-state index contributed by atoms with van der Waals surface area (Å²) in [6.45, 7) is 0.734. The summed E-state index contributed by atoms with van der Waals surface area (Å²) in [4.78, 5) is 3.93. The third kappa shape index (κ3) is 2.63. The van der Waals surface area contributed by atoms with E-state index < -0.39 is 0 Å². The number of rotatable bonds is 2. The molecule has 0 unspecified atom stereocenters. The molecule has 0 radical (unpaired) electrons. The second kappa shape index (κ2) is 4.70. The molecule has 4 heteroatoms. The third-order valence-electron chi connectivity index (χ3n) is 2.03. The molecule has 0 aliphatic rings. The van der Waals surface area contributed by atoms with E-state index in [4.69, 9.17) is 12.2 Å². The van der Waals surface area contributed by atoms with Crippen molar-refractivity contribution in [2.75, 3.05) is 0 Å². The highest BCUT2D eigenvalue weighted by molar-refractivity contribution is 7.80. The molecule has 2 rings (SSSR count). The van der Waals surface area contributed by atoms with Crippen LogP contribution >= 0.6 is 12.2 Å². The van der Waals surface area contributed by atoms with Crippen LogP contribution in [0.15, 0.2) is 49.1 Å². The number of aromatic nitrogens is 2. The van der Waals surface area contributed by atoms with Gasteiger partial charge in [0.15, 0.2) is 5.11 Å². The van der Waals surface area contributed by atoms with Gasteiger partial charge >= 0.3 is 0 Å². The Labute approximate surface area is 93.8 Å². The van der Waals surface area contributed by atoms with E-state index in [0.29, 0.717) is 5.11 Å². The minimum absolute atomic E-state index is 0.663. The zero-order valence-electron chi connectivity index (χ0n) is 8.13. The molecule has 0 bridgehead atoms. The van der Waals surface area contributed by atoms with Gasteiger partial charge in [0.1, 0.15) is 6.33 Å². The first kappa shape index (κ1) is 9.86. The van der Waals surface area contributed by atoms with Crippen LogP contribution in [0.1, 0.15) is 5.56 Å². The molecule has 0 saturated heterocycles. The lowest BCUT2D eigenvalue weighted by Crippen LogP contribution is -2.26. The van der Waals surface area contributed by atoms with Crippen molar-refractivity contribution in [3.8, 4) is 0 Å². The van der Waals surface area contributed by atoms with Crippen molar-refractivity contribution in [3.63, 3.8) is 0 Å². The molecule has 0 fully saturated rings. The summed E-state index contributed by atoms with van der Waals surface area (Å²) >= 11 is 5.19. The van der Waals surface area contributed by atoms with Crippen molar-refractivity contribution < 1.29 is 0 Å². The summed E-state index contributed by atoms with van der Waals surface area (Å²) in [6.07, 6.45) is 5.21. The number of thiocarbonyl (C=S) groups is 1. The predicted molar refractivity (Wildman–Crippen MR) is 63.5 cm³/mol. The zero-order valence-corrected chi connectivity index (χ0v) is 8.95. The second-order valence-corrected chi connectivity index (χ2v) is 3.50. The Balaban J connectivity index is 1.92. The molecular weight excluding hydrogens is 206 g/mol. The van der Waals surface area contributed by atoms with E-state index in [1.54, 1.807) is 17.1 Å². The molecule has 1 N–H and O–H groups in total. The van der Waals surface area contributed by atoms with Crippen LogP contribution < -0.4 is 5.32 Å². The van der Waals surface area contributed by atoms with Gasteiger partial charge in [-0.1, -0.05) is 30.3 Å². The molecule has 0 aliphatic carbocycles. The minimum atomic E-state index is 0.663. The molecule has 0 atom stereocenters. The lowest BCUT2D eigenvalue weighted by molar-refractivity contribution is 0.886. The Morgan fingerprint density at radius 2 is 2.13 bits per heavy atom. The van der Waals surface area contributed by atoms with E-state index in [1.807, 2.05) is 24.4 Å². The molecule has 15 heavy (non-hydrogen) atoms. The van der Waals surface area contributed by atoms with Crippen molar-refractivity contribution in [2.24, 2.45) is 0 Å². The van der Waals surface area contributed by atoms with Crippen LogP contribution in [-0.2, 0) is 6.54 Å². The molecule has 0 spiro atoms. The molecule has 0 aliphatic heterocycles. The molecule has 2 aromatic rings. The van der Waals surface area contributed by atoms with E-state index >= 15 is 0 Å². The third-order valence-corrected chi connectivity index (χ3v) is 2.38. The summed E-state index contributed by atoms with van der Waals surface area (Å²) in [7, 11) is 0. The van der Waals surface area contributed by atoms with Gasteiger partial charge in [-0.2, -0.15) is 0 Å². The standard InChI is InChI=1S/C11H11N3S/c15-11(14-7-6-12-9-14)13-8-10-4-2-1-3-5-10/h1-7,9H,8H2,(H,13,15). The summed E-state index contributed by atoms with van der Waals surface area (Å²) < 4.78 is 1.78. The monoisotopic (exact) mass is 217 g/mol. The highest BCUT2D eigenvalue weighted by Gasteiger charge is 1.97.